The van der Waals surface area contributed by atoms with Gasteiger partial charge in [-0.2, -0.15) is 0 Å². The van der Waals surface area contributed by atoms with Gasteiger partial charge in [0.1, 0.15) is 0 Å². The third-order valence-electron chi connectivity index (χ3n) is 5.14. The lowest BCUT2D eigenvalue weighted by atomic mass is 10.0. The quantitative estimate of drug-likeness (QED) is 0.674. The van der Waals surface area contributed by atoms with Crippen molar-refractivity contribution in [3.63, 3.8) is 0 Å². The fourth-order valence-corrected chi connectivity index (χ4v) is 3.38. The molecule has 0 radical (unpaired) electrons. The maximum Gasteiger partial charge on any atom is 0.254 e. The van der Waals surface area contributed by atoms with E-state index in [-0.39, 0.29) is 29.7 Å². The number of nitrogens with one attached hydrogen (secondary N) is 2. The SMILES string of the molecule is NCCC(=O)NCC1CCCCN1C(=O)c1ccc(NC(=O)C2CC2)cc1. The van der Waals surface area contributed by atoms with E-state index in [4.69, 9.17) is 5.73 Å². The summed E-state index contributed by atoms with van der Waals surface area (Å²) in [7, 11) is 0. The van der Waals surface area contributed by atoms with Crippen LogP contribution >= 0.6 is 0 Å². The van der Waals surface area contributed by atoms with Crippen LogP contribution in [-0.4, -0.2) is 48.3 Å². The van der Waals surface area contributed by atoms with E-state index in [1.807, 2.05) is 4.90 Å². The van der Waals surface area contributed by atoms with E-state index in [1.54, 1.807) is 24.3 Å². The van der Waals surface area contributed by atoms with Crippen molar-refractivity contribution in [3.8, 4) is 0 Å². The number of hydrogen-bond donors (Lipinski definition) is 3. The van der Waals surface area contributed by atoms with Crippen LogP contribution in [0, 0.1) is 5.92 Å². The minimum Gasteiger partial charge on any atom is -0.354 e. The molecule has 1 unspecified atom stereocenters. The van der Waals surface area contributed by atoms with Gasteiger partial charge in [-0.1, -0.05) is 0 Å². The maximum atomic E-state index is 12.9. The Morgan fingerprint density at radius 2 is 1.81 bits per heavy atom. The van der Waals surface area contributed by atoms with Crippen LogP contribution in [0.2, 0.25) is 0 Å². The third kappa shape index (κ3) is 5.29. The lowest BCUT2D eigenvalue weighted by molar-refractivity contribution is -0.121. The van der Waals surface area contributed by atoms with E-state index in [9.17, 15) is 14.4 Å². The van der Waals surface area contributed by atoms with Crippen molar-refractivity contribution in [1.29, 1.82) is 0 Å². The standard InChI is InChI=1S/C20H28N4O3/c21-11-10-18(25)22-13-17-3-1-2-12-24(17)20(27)15-6-8-16(9-7-15)23-19(26)14-4-5-14/h6-9,14,17H,1-5,10-13,21H2,(H,22,25)(H,23,26). The molecule has 1 aromatic carbocycles. The number of hydrogen-bond acceptors (Lipinski definition) is 4. The van der Waals surface area contributed by atoms with E-state index in [2.05, 4.69) is 10.6 Å². The first-order valence-electron chi connectivity index (χ1n) is 9.77. The highest BCUT2D eigenvalue weighted by atomic mass is 16.2. The Kier molecular flexibility index (Phi) is 6.45. The molecule has 1 atom stereocenters. The van der Waals surface area contributed by atoms with Gasteiger partial charge in [0.05, 0.1) is 0 Å². The summed E-state index contributed by atoms with van der Waals surface area (Å²) in [6.45, 7) is 1.47. The molecule has 1 aromatic rings. The van der Waals surface area contributed by atoms with Crippen LogP contribution in [0.4, 0.5) is 5.69 Å². The van der Waals surface area contributed by atoms with Gasteiger partial charge < -0.3 is 21.3 Å². The van der Waals surface area contributed by atoms with E-state index < -0.39 is 0 Å². The first-order valence-corrected chi connectivity index (χ1v) is 9.77. The van der Waals surface area contributed by atoms with Gasteiger partial charge >= 0.3 is 0 Å². The first-order chi connectivity index (χ1) is 13.1. The van der Waals surface area contributed by atoms with Crippen molar-refractivity contribution in [2.45, 2.75) is 44.6 Å². The smallest absolute Gasteiger partial charge is 0.254 e. The van der Waals surface area contributed by atoms with Crippen molar-refractivity contribution >= 4 is 23.4 Å². The van der Waals surface area contributed by atoms with Crippen molar-refractivity contribution in [3.05, 3.63) is 29.8 Å². The summed E-state index contributed by atoms with van der Waals surface area (Å²) in [5, 5.41) is 5.76. The molecule has 7 nitrogen and oxygen atoms in total. The molecular formula is C20H28N4O3. The number of amides is 3. The molecule has 1 heterocycles. The van der Waals surface area contributed by atoms with Gasteiger partial charge in [0.25, 0.3) is 5.91 Å². The largest absolute Gasteiger partial charge is 0.354 e. The number of likely N-dealkylation sites (tertiary alicyclic amines) is 1. The Morgan fingerprint density at radius 3 is 2.48 bits per heavy atom. The molecule has 0 bridgehead atoms. The number of nitrogens with two attached hydrogens (primary N) is 1. The molecule has 0 spiro atoms. The summed E-state index contributed by atoms with van der Waals surface area (Å²) in [6, 6.07) is 7.06. The number of anilines is 1. The van der Waals surface area contributed by atoms with Crippen molar-refractivity contribution in [1.82, 2.24) is 10.2 Å². The molecule has 0 aromatic heterocycles. The van der Waals surface area contributed by atoms with Gasteiger partial charge in [-0.15, -0.1) is 0 Å². The van der Waals surface area contributed by atoms with E-state index >= 15 is 0 Å². The highest BCUT2D eigenvalue weighted by Crippen LogP contribution is 2.30. The molecule has 146 valence electrons. The number of carbonyl (C=O) groups is 3. The average molecular weight is 372 g/mol. The fourth-order valence-electron chi connectivity index (χ4n) is 3.38. The molecule has 1 aliphatic heterocycles. The molecule has 1 aliphatic carbocycles. The van der Waals surface area contributed by atoms with Gasteiger partial charge in [0.2, 0.25) is 11.8 Å². The molecule has 1 saturated carbocycles. The van der Waals surface area contributed by atoms with Gasteiger partial charge in [0.15, 0.2) is 0 Å². The highest BCUT2D eigenvalue weighted by Gasteiger charge is 2.30. The van der Waals surface area contributed by atoms with E-state index in [0.717, 1.165) is 32.1 Å². The van der Waals surface area contributed by atoms with Crippen molar-refractivity contribution in [2.75, 3.05) is 25.0 Å². The van der Waals surface area contributed by atoms with Crippen LogP contribution in [0.15, 0.2) is 24.3 Å². The molecular weight excluding hydrogens is 344 g/mol. The second-order valence-corrected chi connectivity index (χ2v) is 7.33. The number of piperidine rings is 1. The van der Waals surface area contributed by atoms with E-state index in [1.165, 1.54) is 0 Å². The van der Waals surface area contributed by atoms with Gasteiger partial charge in [0, 0.05) is 49.3 Å². The zero-order chi connectivity index (χ0) is 19.2. The minimum absolute atomic E-state index is 0.00206. The average Bonchev–Trinajstić information content (AvgIpc) is 3.52. The van der Waals surface area contributed by atoms with Gasteiger partial charge in [-0.3, -0.25) is 14.4 Å². The van der Waals surface area contributed by atoms with Crippen molar-refractivity contribution < 1.29 is 14.4 Å². The monoisotopic (exact) mass is 372 g/mol. The molecule has 4 N–H and O–H groups in total. The summed E-state index contributed by atoms with van der Waals surface area (Å²) in [6.07, 6.45) is 5.11. The Labute approximate surface area is 159 Å². The number of benzene rings is 1. The summed E-state index contributed by atoms with van der Waals surface area (Å²) < 4.78 is 0. The Morgan fingerprint density at radius 1 is 1.07 bits per heavy atom. The fraction of sp³-hybridized carbons (Fsp3) is 0.550. The Bertz CT molecular complexity index is 685. The normalized spacial score (nSPS) is 19.4. The van der Waals surface area contributed by atoms with Crippen molar-refractivity contribution in [2.24, 2.45) is 11.7 Å². The molecule has 7 heteroatoms. The predicted molar refractivity (Wildman–Crippen MR) is 103 cm³/mol. The topological polar surface area (TPSA) is 105 Å². The molecule has 3 amide bonds. The molecule has 2 fully saturated rings. The maximum absolute atomic E-state index is 12.9. The summed E-state index contributed by atoms with van der Waals surface area (Å²) in [5.41, 5.74) is 6.71. The second kappa shape index (κ2) is 8.99. The number of nitrogens with zero attached hydrogens (tertiary/aromatic N) is 1. The van der Waals surface area contributed by atoms with Crippen LogP contribution in [0.5, 0.6) is 0 Å². The van der Waals surface area contributed by atoms with Crippen LogP contribution in [0.25, 0.3) is 0 Å². The number of rotatable bonds is 7. The third-order valence-corrected chi connectivity index (χ3v) is 5.14. The number of carbonyl (C=O) groups excluding carboxylic acids is 3. The van der Waals surface area contributed by atoms with Crippen LogP contribution in [-0.2, 0) is 9.59 Å². The van der Waals surface area contributed by atoms with Crippen LogP contribution in [0.1, 0.15) is 48.9 Å². The van der Waals surface area contributed by atoms with Gasteiger partial charge in [-0.05, 0) is 56.4 Å². The molecule has 1 saturated heterocycles. The summed E-state index contributed by atoms with van der Waals surface area (Å²) in [5.74, 6) is 0.0902. The highest BCUT2D eigenvalue weighted by molar-refractivity contribution is 5.97. The zero-order valence-corrected chi connectivity index (χ0v) is 15.6. The molecule has 2 aliphatic rings. The lowest BCUT2D eigenvalue weighted by Gasteiger charge is -2.36. The second-order valence-electron chi connectivity index (χ2n) is 7.33. The zero-order valence-electron chi connectivity index (χ0n) is 15.6. The summed E-state index contributed by atoms with van der Waals surface area (Å²) in [4.78, 5) is 38.3. The van der Waals surface area contributed by atoms with E-state index in [0.29, 0.717) is 37.3 Å². The molecule has 3 rings (SSSR count). The Balaban J connectivity index is 1.59. The molecule has 27 heavy (non-hydrogen) atoms. The van der Waals surface area contributed by atoms with Crippen LogP contribution in [0.3, 0.4) is 0 Å². The minimum atomic E-state index is -0.0776. The van der Waals surface area contributed by atoms with Crippen LogP contribution < -0.4 is 16.4 Å². The predicted octanol–water partition coefficient (Wildman–Crippen LogP) is 1.49. The van der Waals surface area contributed by atoms with Gasteiger partial charge in [-0.25, -0.2) is 0 Å². The summed E-state index contributed by atoms with van der Waals surface area (Å²) >= 11 is 0. The lowest BCUT2D eigenvalue weighted by Crippen LogP contribution is -2.49. The first kappa shape index (κ1) is 19.4. The Hall–Kier alpha value is -2.41.